The number of hydrogen-bond acceptors (Lipinski definition) is 3. The standard InChI is InChI=1S/C15H24N2O/c1-12(13-6-8-15(18-3)9-7-13)17-10-4-5-14(17)11-16-2/h6-9,12,14,16H,4-5,10-11H2,1-3H3. The van der Waals surface area contributed by atoms with Gasteiger partial charge in [0.1, 0.15) is 5.75 Å². The number of benzene rings is 1. The number of likely N-dealkylation sites (tertiary alicyclic amines) is 1. The minimum atomic E-state index is 0.483. The number of nitrogens with one attached hydrogen (secondary N) is 1. The van der Waals surface area contributed by atoms with Gasteiger partial charge in [0.25, 0.3) is 0 Å². The first-order valence-electron chi connectivity index (χ1n) is 6.80. The first-order chi connectivity index (χ1) is 8.76. The van der Waals surface area contributed by atoms with Crippen molar-refractivity contribution >= 4 is 0 Å². The van der Waals surface area contributed by atoms with Crippen molar-refractivity contribution in [3.63, 3.8) is 0 Å². The molecule has 1 aliphatic rings. The summed E-state index contributed by atoms with van der Waals surface area (Å²) in [6.45, 7) is 4.59. The van der Waals surface area contributed by atoms with Gasteiger partial charge in [0.15, 0.2) is 0 Å². The Morgan fingerprint density at radius 1 is 1.39 bits per heavy atom. The Kier molecular flexibility index (Phi) is 4.61. The van der Waals surface area contributed by atoms with Crippen LogP contribution in [-0.4, -0.2) is 38.2 Å². The number of hydrogen-bond donors (Lipinski definition) is 1. The van der Waals surface area contributed by atoms with Crippen LogP contribution in [0.1, 0.15) is 31.4 Å². The summed E-state index contributed by atoms with van der Waals surface area (Å²) in [6.07, 6.45) is 2.62. The van der Waals surface area contributed by atoms with Crippen LogP contribution in [0.15, 0.2) is 24.3 Å². The molecule has 1 fully saturated rings. The summed E-state index contributed by atoms with van der Waals surface area (Å²) in [4.78, 5) is 2.61. The highest BCUT2D eigenvalue weighted by molar-refractivity contribution is 5.29. The highest BCUT2D eigenvalue weighted by Crippen LogP contribution is 2.29. The zero-order valence-corrected chi connectivity index (χ0v) is 11.6. The summed E-state index contributed by atoms with van der Waals surface area (Å²) in [7, 11) is 3.75. The number of nitrogens with zero attached hydrogens (tertiary/aromatic N) is 1. The van der Waals surface area contributed by atoms with Gasteiger partial charge in [-0.25, -0.2) is 0 Å². The third-order valence-electron chi connectivity index (χ3n) is 3.96. The fourth-order valence-electron chi connectivity index (χ4n) is 2.90. The Hall–Kier alpha value is -1.06. The van der Waals surface area contributed by atoms with Crippen LogP contribution in [0.2, 0.25) is 0 Å². The first-order valence-corrected chi connectivity index (χ1v) is 6.80. The predicted octanol–water partition coefficient (Wildman–Crippen LogP) is 2.44. The van der Waals surface area contributed by atoms with Crippen molar-refractivity contribution in [2.45, 2.75) is 31.8 Å². The van der Waals surface area contributed by atoms with E-state index in [0.29, 0.717) is 12.1 Å². The molecule has 2 rings (SSSR count). The molecule has 1 saturated heterocycles. The third-order valence-corrected chi connectivity index (χ3v) is 3.96. The average molecular weight is 248 g/mol. The van der Waals surface area contributed by atoms with E-state index in [9.17, 15) is 0 Å². The molecule has 2 atom stereocenters. The number of rotatable bonds is 5. The second kappa shape index (κ2) is 6.21. The molecule has 0 amide bonds. The van der Waals surface area contributed by atoms with Crippen molar-refractivity contribution in [1.29, 1.82) is 0 Å². The van der Waals surface area contributed by atoms with Gasteiger partial charge in [-0.1, -0.05) is 12.1 Å². The van der Waals surface area contributed by atoms with Crippen molar-refractivity contribution in [3.8, 4) is 5.75 Å². The molecule has 100 valence electrons. The lowest BCUT2D eigenvalue weighted by molar-refractivity contribution is 0.191. The molecule has 0 radical (unpaired) electrons. The quantitative estimate of drug-likeness (QED) is 0.866. The van der Waals surface area contributed by atoms with Crippen molar-refractivity contribution < 1.29 is 4.74 Å². The van der Waals surface area contributed by atoms with E-state index < -0.39 is 0 Å². The molecule has 18 heavy (non-hydrogen) atoms. The minimum absolute atomic E-state index is 0.483. The minimum Gasteiger partial charge on any atom is -0.497 e. The Balaban J connectivity index is 2.06. The number of ether oxygens (including phenoxy) is 1. The van der Waals surface area contributed by atoms with Gasteiger partial charge < -0.3 is 10.1 Å². The molecule has 1 aromatic rings. The van der Waals surface area contributed by atoms with E-state index >= 15 is 0 Å². The van der Waals surface area contributed by atoms with Crippen molar-refractivity contribution in [2.75, 3.05) is 27.2 Å². The van der Waals surface area contributed by atoms with Gasteiger partial charge in [-0.3, -0.25) is 4.90 Å². The largest absolute Gasteiger partial charge is 0.497 e. The van der Waals surface area contributed by atoms with Crippen molar-refractivity contribution in [2.24, 2.45) is 0 Å². The molecule has 3 nitrogen and oxygen atoms in total. The van der Waals surface area contributed by atoms with E-state index in [1.54, 1.807) is 7.11 Å². The zero-order chi connectivity index (χ0) is 13.0. The van der Waals surface area contributed by atoms with Gasteiger partial charge in [-0.15, -0.1) is 0 Å². The smallest absolute Gasteiger partial charge is 0.118 e. The van der Waals surface area contributed by atoms with Crippen LogP contribution in [0.3, 0.4) is 0 Å². The molecule has 0 aliphatic carbocycles. The van der Waals surface area contributed by atoms with Crippen LogP contribution in [0.5, 0.6) is 5.75 Å². The zero-order valence-electron chi connectivity index (χ0n) is 11.6. The van der Waals surface area contributed by atoms with Gasteiger partial charge in [0, 0.05) is 18.6 Å². The van der Waals surface area contributed by atoms with E-state index in [1.807, 2.05) is 7.05 Å². The van der Waals surface area contributed by atoms with E-state index in [-0.39, 0.29) is 0 Å². The van der Waals surface area contributed by atoms with E-state index in [4.69, 9.17) is 4.74 Å². The molecule has 1 aromatic carbocycles. The predicted molar refractivity (Wildman–Crippen MR) is 75.1 cm³/mol. The molecular weight excluding hydrogens is 224 g/mol. The lowest BCUT2D eigenvalue weighted by Gasteiger charge is -2.31. The average Bonchev–Trinajstić information content (AvgIpc) is 2.87. The van der Waals surface area contributed by atoms with Crippen LogP contribution in [0.25, 0.3) is 0 Å². The molecule has 1 aliphatic heterocycles. The summed E-state index contributed by atoms with van der Waals surface area (Å²) in [5.74, 6) is 0.930. The molecule has 0 aromatic heterocycles. The summed E-state index contributed by atoms with van der Waals surface area (Å²) >= 11 is 0. The maximum absolute atomic E-state index is 5.21. The Labute approximate surface area is 110 Å². The lowest BCUT2D eigenvalue weighted by Crippen LogP contribution is -2.38. The lowest BCUT2D eigenvalue weighted by atomic mass is 10.1. The van der Waals surface area contributed by atoms with Crippen LogP contribution in [0, 0.1) is 0 Å². The fourth-order valence-corrected chi connectivity index (χ4v) is 2.90. The van der Waals surface area contributed by atoms with Gasteiger partial charge in [-0.2, -0.15) is 0 Å². The monoisotopic (exact) mass is 248 g/mol. The summed E-state index contributed by atoms with van der Waals surface area (Å²) < 4.78 is 5.21. The van der Waals surface area contributed by atoms with E-state index in [1.165, 1.54) is 24.9 Å². The number of methoxy groups -OCH3 is 1. The van der Waals surface area contributed by atoms with Crippen LogP contribution in [0.4, 0.5) is 0 Å². The molecular formula is C15H24N2O. The van der Waals surface area contributed by atoms with Crippen LogP contribution < -0.4 is 10.1 Å². The molecule has 1 N–H and O–H groups in total. The highest BCUT2D eigenvalue weighted by Gasteiger charge is 2.28. The first kappa shape index (κ1) is 13.4. The van der Waals surface area contributed by atoms with Gasteiger partial charge >= 0.3 is 0 Å². The Morgan fingerprint density at radius 3 is 2.72 bits per heavy atom. The highest BCUT2D eigenvalue weighted by atomic mass is 16.5. The van der Waals surface area contributed by atoms with Crippen LogP contribution in [-0.2, 0) is 0 Å². The maximum atomic E-state index is 5.21. The van der Waals surface area contributed by atoms with Crippen molar-refractivity contribution in [3.05, 3.63) is 29.8 Å². The Bertz CT molecular complexity index is 363. The van der Waals surface area contributed by atoms with Crippen LogP contribution >= 0.6 is 0 Å². The van der Waals surface area contributed by atoms with Gasteiger partial charge in [0.2, 0.25) is 0 Å². The summed E-state index contributed by atoms with van der Waals surface area (Å²) in [5, 5.41) is 3.30. The molecule has 2 unspecified atom stereocenters. The Morgan fingerprint density at radius 2 is 2.11 bits per heavy atom. The molecule has 0 spiro atoms. The molecule has 0 saturated carbocycles. The number of likely N-dealkylation sites (N-methyl/N-ethyl adjacent to an activating group) is 1. The SMILES string of the molecule is CNCC1CCCN1C(C)c1ccc(OC)cc1. The normalized spacial score (nSPS) is 22.1. The fraction of sp³-hybridized carbons (Fsp3) is 0.600. The van der Waals surface area contributed by atoms with Crippen molar-refractivity contribution in [1.82, 2.24) is 10.2 Å². The third kappa shape index (κ3) is 2.85. The summed E-state index contributed by atoms with van der Waals surface area (Å²) in [6, 6.07) is 9.62. The van der Waals surface area contributed by atoms with E-state index in [0.717, 1.165) is 12.3 Å². The maximum Gasteiger partial charge on any atom is 0.118 e. The topological polar surface area (TPSA) is 24.5 Å². The molecule has 0 bridgehead atoms. The summed E-state index contributed by atoms with van der Waals surface area (Å²) in [5.41, 5.74) is 1.37. The molecule has 1 heterocycles. The van der Waals surface area contributed by atoms with E-state index in [2.05, 4.69) is 41.4 Å². The van der Waals surface area contributed by atoms with Gasteiger partial charge in [0.05, 0.1) is 7.11 Å². The molecule has 3 heteroatoms. The van der Waals surface area contributed by atoms with Gasteiger partial charge in [-0.05, 0) is 51.1 Å². The second-order valence-electron chi connectivity index (χ2n) is 5.04. The second-order valence-corrected chi connectivity index (χ2v) is 5.04.